The summed E-state index contributed by atoms with van der Waals surface area (Å²) in [5, 5.41) is 7.70. The minimum absolute atomic E-state index is 1.14. The van der Waals surface area contributed by atoms with Gasteiger partial charge in [-0.1, -0.05) is 115 Å². The lowest BCUT2D eigenvalue weighted by atomic mass is 10.0. The van der Waals surface area contributed by atoms with Crippen LogP contribution in [-0.4, -0.2) is 0 Å². The van der Waals surface area contributed by atoms with Gasteiger partial charge in [-0.25, -0.2) is 0 Å². The molecular formula is C38H25NS. The lowest BCUT2D eigenvalue weighted by Crippen LogP contribution is -2.10. The second kappa shape index (κ2) is 9.37. The van der Waals surface area contributed by atoms with Crippen LogP contribution in [0.25, 0.3) is 52.8 Å². The van der Waals surface area contributed by atoms with E-state index in [1.54, 1.807) is 0 Å². The Hall–Kier alpha value is -4.92. The molecule has 2 heteroatoms. The van der Waals surface area contributed by atoms with Gasteiger partial charge >= 0.3 is 0 Å². The first-order valence-corrected chi connectivity index (χ1v) is 14.4. The molecule has 1 nitrogen and oxygen atoms in total. The number of benzene rings is 7. The number of thiophene rings is 1. The molecule has 0 radical (unpaired) electrons. The summed E-state index contributed by atoms with van der Waals surface area (Å²) in [5.41, 5.74) is 5.91. The molecule has 188 valence electrons. The predicted octanol–water partition coefficient (Wildman–Crippen LogP) is 11.5. The summed E-state index contributed by atoms with van der Waals surface area (Å²) in [5.74, 6) is 0. The Morgan fingerprint density at radius 2 is 1.05 bits per heavy atom. The third kappa shape index (κ3) is 3.77. The van der Waals surface area contributed by atoms with Crippen molar-refractivity contribution < 1.29 is 0 Å². The van der Waals surface area contributed by atoms with Crippen LogP contribution < -0.4 is 4.90 Å². The zero-order valence-corrected chi connectivity index (χ0v) is 22.6. The molecule has 1 aromatic heterocycles. The Balaban J connectivity index is 1.35. The van der Waals surface area contributed by atoms with Crippen molar-refractivity contribution >= 4 is 70.1 Å². The van der Waals surface area contributed by atoms with E-state index in [-0.39, 0.29) is 0 Å². The zero-order valence-electron chi connectivity index (χ0n) is 21.8. The van der Waals surface area contributed by atoms with Crippen molar-refractivity contribution in [2.45, 2.75) is 0 Å². The van der Waals surface area contributed by atoms with Crippen molar-refractivity contribution in [1.82, 2.24) is 0 Å². The molecule has 8 rings (SSSR count). The Labute approximate surface area is 237 Å². The van der Waals surface area contributed by atoms with E-state index in [4.69, 9.17) is 0 Å². The number of hydrogen-bond acceptors (Lipinski definition) is 2. The summed E-state index contributed by atoms with van der Waals surface area (Å²) in [6, 6.07) is 54.9. The van der Waals surface area contributed by atoms with Gasteiger partial charge in [0.25, 0.3) is 0 Å². The summed E-state index contributed by atoms with van der Waals surface area (Å²) >= 11 is 1.89. The third-order valence-electron chi connectivity index (χ3n) is 7.84. The molecule has 7 aromatic carbocycles. The fourth-order valence-corrected chi connectivity index (χ4v) is 7.11. The maximum absolute atomic E-state index is 2.40. The van der Waals surface area contributed by atoms with Crippen LogP contribution in [0, 0.1) is 0 Å². The van der Waals surface area contributed by atoms with Crippen molar-refractivity contribution in [1.29, 1.82) is 0 Å². The lowest BCUT2D eigenvalue weighted by molar-refractivity contribution is 1.30. The van der Waals surface area contributed by atoms with Crippen LogP contribution in [0.4, 0.5) is 17.1 Å². The molecule has 0 N–H and O–H groups in total. The van der Waals surface area contributed by atoms with Gasteiger partial charge < -0.3 is 4.90 Å². The van der Waals surface area contributed by atoms with Gasteiger partial charge in [-0.15, -0.1) is 11.3 Å². The van der Waals surface area contributed by atoms with Gasteiger partial charge in [0.05, 0.1) is 5.69 Å². The van der Waals surface area contributed by atoms with E-state index in [9.17, 15) is 0 Å². The zero-order chi connectivity index (χ0) is 26.5. The highest BCUT2D eigenvalue weighted by Crippen LogP contribution is 2.44. The van der Waals surface area contributed by atoms with E-state index in [0.29, 0.717) is 0 Å². The maximum atomic E-state index is 2.40. The Morgan fingerprint density at radius 3 is 1.88 bits per heavy atom. The fourth-order valence-electron chi connectivity index (χ4n) is 5.90. The van der Waals surface area contributed by atoms with Gasteiger partial charge in [0.1, 0.15) is 0 Å². The first kappa shape index (κ1) is 23.0. The minimum atomic E-state index is 1.14. The third-order valence-corrected chi connectivity index (χ3v) is 9.06. The highest BCUT2D eigenvalue weighted by molar-refractivity contribution is 7.26. The fraction of sp³-hybridized carbons (Fsp3) is 0. The van der Waals surface area contributed by atoms with Crippen molar-refractivity contribution in [3.8, 4) is 11.1 Å². The van der Waals surface area contributed by atoms with E-state index in [0.717, 1.165) is 11.4 Å². The molecule has 0 spiro atoms. The average Bonchev–Trinajstić information content (AvgIpc) is 3.41. The largest absolute Gasteiger partial charge is 0.310 e. The molecule has 0 aliphatic rings. The van der Waals surface area contributed by atoms with E-state index >= 15 is 0 Å². The molecule has 0 bridgehead atoms. The highest BCUT2D eigenvalue weighted by Gasteiger charge is 2.17. The molecule has 0 aliphatic carbocycles. The van der Waals surface area contributed by atoms with Gasteiger partial charge in [-0.2, -0.15) is 0 Å². The van der Waals surface area contributed by atoms with Gasteiger partial charge in [0.15, 0.2) is 0 Å². The molecule has 0 saturated heterocycles. The van der Waals surface area contributed by atoms with Crippen LogP contribution in [0.1, 0.15) is 0 Å². The SMILES string of the molecule is c1ccc(-c2ccc(N(c3ccc4sc5c6ccccc6ccc5c4c3)c3cccc4ccccc34)cc2)cc1. The second-order valence-electron chi connectivity index (χ2n) is 10.2. The summed E-state index contributed by atoms with van der Waals surface area (Å²) in [4.78, 5) is 2.40. The first-order chi connectivity index (χ1) is 19.8. The highest BCUT2D eigenvalue weighted by atomic mass is 32.1. The van der Waals surface area contributed by atoms with Gasteiger partial charge in [-0.05, 0) is 63.7 Å². The van der Waals surface area contributed by atoms with Crippen LogP contribution in [0.3, 0.4) is 0 Å². The molecule has 0 aliphatic heterocycles. The van der Waals surface area contributed by atoms with E-state index in [1.807, 2.05) is 11.3 Å². The monoisotopic (exact) mass is 527 g/mol. The van der Waals surface area contributed by atoms with E-state index in [2.05, 4.69) is 157 Å². The van der Waals surface area contributed by atoms with Crippen molar-refractivity contribution in [2.24, 2.45) is 0 Å². The predicted molar refractivity (Wildman–Crippen MR) is 174 cm³/mol. The van der Waals surface area contributed by atoms with Crippen LogP contribution in [0.15, 0.2) is 152 Å². The quantitative estimate of drug-likeness (QED) is 0.220. The smallest absolute Gasteiger partial charge is 0.0540 e. The maximum Gasteiger partial charge on any atom is 0.0540 e. The Bertz CT molecular complexity index is 2150. The molecule has 1 heterocycles. The average molecular weight is 528 g/mol. The van der Waals surface area contributed by atoms with Gasteiger partial charge in [0, 0.05) is 36.9 Å². The molecule has 0 amide bonds. The summed E-state index contributed by atoms with van der Waals surface area (Å²) in [6.45, 7) is 0. The molecule has 0 atom stereocenters. The standard InChI is InChI=1S/C38H25NS/c1-2-9-26(10-3-1)27-17-20-30(21-18-27)39(36-16-8-13-28-11-4-6-14-32(28)36)31-22-24-37-35(25-31)34-23-19-29-12-5-7-15-33(29)38(34)40-37/h1-25H. The minimum Gasteiger partial charge on any atom is -0.310 e. The van der Waals surface area contributed by atoms with Gasteiger partial charge in [0.2, 0.25) is 0 Å². The van der Waals surface area contributed by atoms with Crippen LogP contribution in [-0.2, 0) is 0 Å². The molecule has 0 saturated carbocycles. The molecule has 8 aromatic rings. The number of rotatable bonds is 4. The molecule has 40 heavy (non-hydrogen) atoms. The van der Waals surface area contributed by atoms with E-state index < -0.39 is 0 Å². The van der Waals surface area contributed by atoms with Crippen molar-refractivity contribution in [3.05, 3.63) is 152 Å². The summed E-state index contributed by atoms with van der Waals surface area (Å²) in [7, 11) is 0. The van der Waals surface area contributed by atoms with Crippen LogP contribution in [0.2, 0.25) is 0 Å². The summed E-state index contributed by atoms with van der Waals surface area (Å²) < 4.78 is 2.67. The van der Waals surface area contributed by atoms with Crippen LogP contribution >= 0.6 is 11.3 Å². The number of anilines is 3. The van der Waals surface area contributed by atoms with Crippen LogP contribution in [0.5, 0.6) is 0 Å². The van der Waals surface area contributed by atoms with Crippen molar-refractivity contribution in [3.63, 3.8) is 0 Å². The summed E-state index contributed by atoms with van der Waals surface area (Å²) in [6.07, 6.45) is 0. The first-order valence-electron chi connectivity index (χ1n) is 13.6. The normalized spacial score (nSPS) is 11.5. The number of nitrogens with zero attached hydrogens (tertiary/aromatic N) is 1. The lowest BCUT2D eigenvalue weighted by Gasteiger charge is -2.27. The van der Waals surface area contributed by atoms with Gasteiger partial charge in [-0.3, -0.25) is 0 Å². The molecular weight excluding hydrogens is 502 g/mol. The topological polar surface area (TPSA) is 3.24 Å². The molecule has 0 fully saturated rings. The van der Waals surface area contributed by atoms with Crippen molar-refractivity contribution in [2.75, 3.05) is 4.90 Å². The Morgan fingerprint density at radius 1 is 0.400 bits per heavy atom. The number of fused-ring (bicyclic) bond motifs is 6. The second-order valence-corrected chi connectivity index (χ2v) is 11.2. The Kier molecular flexibility index (Phi) is 5.39. The number of hydrogen-bond donors (Lipinski definition) is 0. The van der Waals surface area contributed by atoms with E-state index in [1.165, 1.54) is 58.5 Å². The molecule has 0 unspecified atom stereocenters.